The molecule has 2 rings (SSSR count). The van der Waals surface area contributed by atoms with Gasteiger partial charge in [0.1, 0.15) is 0 Å². The zero-order valence-corrected chi connectivity index (χ0v) is 10.4. The minimum atomic E-state index is -2.52. The van der Waals surface area contributed by atoms with Crippen LogP contribution in [0.15, 0.2) is 23.1 Å². The number of halogens is 2. The predicted molar refractivity (Wildman–Crippen MR) is 66.2 cm³/mol. The number of hydrogen-bond donors (Lipinski definition) is 2. The summed E-state index contributed by atoms with van der Waals surface area (Å²) in [6.07, 6.45) is 3.73. The van der Waals surface area contributed by atoms with E-state index in [4.69, 9.17) is 5.11 Å². The molecule has 6 heteroatoms. The Kier molecular flexibility index (Phi) is 6.18. The molecule has 2 N–H and O–H groups in total. The Balaban J connectivity index is 0.000000191. The first-order chi connectivity index (χ1) is 9.00. The van der Waals surface area contributed by atoms with Gasteiger partial charge in [-0.25, -0.2) is 8.78 Å². The topological polar surface area (TPSA) is 70.2 Å². The summed E-state index contributed by atoms with van der Waals surface area (Å²) < 4.78 is 23.6. The van der Waals surface area contributed by atoms with Crippen molar-refractivity contribution in [3.05, 3.63) is 34.2 Å². The number of pyridine rings is 1. The van der Waals surface area contributed by atoms with Crippen LogP contribution in [0.5, 0.6) is 0 Å². The van der Waals surface area contributed by atoms with E-state index in [0.717, 1.165) is 44.0 Å². The standard InChI is InChI=1S/C7H12O2.C6H5F2NO/c8-7(9)6-4-2-1-3-5-6;7-6(8)4-1-2-5(10)9-3-4/h6H,1-5H2,(H,8,9);1-3,6H,(H,9,10). The summed E-state index contributed by atoms with van der Waals surface area (Å²) in [5.74, 6) is -0.631. The molecule has 0 radical (unpaired) electrons. The first kappa shape index (κ1) is 15.3. The van der Waals surface area contributed by atoms with Crippen molar-refractivity contribution in [2.75, 3.05) is 0 Å². The summed E-state index contributed by atoms with van der Waals surface area (Å²) in [4.78, 5) is 22.8. The predicted octanol–water partition coefficient (Wildman–Crippen LogP) is 2.96. The van der Waals surface area contributed by atoms with E-state index in [1.807, 2.05) is 0 Å². The van der Waals surface area contributed by atoms with Crippen LogP contribution in [0, 0.1) is 5.92 Å². The normalized spacial score (nSPS) is 15.7. The number of nitrogens with one attached hydrogen (secondary N) is 1. The molecule has 19 heavy (non-hydrogen) atoms. The van der Waals surface area contributed by atoms with Crippen molar-refractivity contribution in [2.45, 2.75) is 38.5 Å². The van der Waals surface area contributed by atoms with Crippen LogP contribution in [0.4, 0.5) is 8.78 Å². The summed E-state index contributed by atoms with van der Waals surface area (Å²) in [5, 5.41) is 8.54. The Hall–Kier alpha value is -1.72. The molecule has 0 saturated heterocycles. The molecule has 1 aromatic heterocycles. The second kappa shape index (κ2) is 7.66. The minimum absolute atomic E-state index is 0.0289. The third-order valence-corrected chi connectivity index (χ3v) is 3.01. The van der Waals surface area contributed by atoms with Gasteiger partial charge in [0.25, 0.3) is 6.43 Å². The van der Waals surface area contributed by atoms with Crippen LogP contribution < -0.4 is 5.56 Å². The quantitative estimate of drug-likeness (QED) is 0.870. The number of carbonyl (C=O) groups is 1. The van der Waals surface area contributed by atoms with Gasteiger partial charge in [-0.2, -0.15) is 0 Å². The number of alkyl halides is 2. The van der Waals surface area contributed by atoms with E-state index in [1.54, 1.807) is 0 Å². The molecule has 106 valence electrons. The molecule has 1 heterocycles. The number of aliphatic carboxylic acids is 1. The summed E-state index contributed by atoms with van der Waals surface area (Å²) in [6.45, 7) is 0. The van der Waals surface area contributed by atoms with E-state index >= 15 is 0 Å². The van der Waals surface area contributed by atoms with Crippen molar-refractivity contribution in [1.29, 1.82) is 0 Å². The number of aromatic amines is 1. The molecule has 0 aliphatic heterocycles. The van der Waals surface area contributed by atoms with Gasteiger partial charge in [0.05, 0.1) is 5.92 Å². The van der Waals surface area contributed by atoms with Gasteiger partial charge in [0.2, 0.25) is 5.56 Å². The van der Waals surface area contributed by atoms with Crippen molar-refractivity contribution in [2.24, 2.45) is 5.92 Å². The SMILES string of the molecule is O=C(O)C1CCCCC1.O=c1ccc(C(F)F)c[nH]1. The zero-order valence-electron chi connectivity index (χ0n) is 10.4. The lowest BCUT2D eigenvalue weighted by Gasteiger charge is -2.16. The molecule has 1 fully saturated rings. The highest BCUT2D eigenvalue weighted by molar-refractivity contribution is 5.69. The summed E-state index contributed by atoms with van der Waals surface area (Å²) in [5.41, 5.74) is -0.538. The number of carboxylic acids is 1. The fraction of sp³-hybridized carbons (Fsp3) is 0.538. The van der Waals surface area contributed by atoms with E-state index in [1.165, 1.54) is 6.42 Å². The van der Waals surface area contributed by atoms with Crippen LogP contribution in [0.25, 0.3) is 0 Å². The van der Waals surface area contributed by atoms with Gasteiger partial charge in [0.15, 0.2) is 0 Å². The number of H-pyrrole nitrogens is 1. The average Bonchev–Trinajstić information content (AvgIpc) is 2.41. The van der Waals surface area contributed by atoms with Gasteiger partial charge < -0.3 is 10.1 Å². The number of rotatable bonds is 2. The monoisotopic (exact) mass is 273 g/mol. The highest BCUT2D eigenvalue weighted by Crippen LogP contribution is 2.23. The van der Waals surface area contributed by atoms with Crippen LogP contribution >= 0.6 is 0 Å². The molecule has 1 saturated carbocycles. The van der Waals surface area contributed by atoms with Crippen LogP contribution in [0.3, 0.4) is 0 Å². The lowest BCUT2D eigenvalue weighted by molar-refractivity contribution is -0.142. The average molecular weight is 273 g/mol. The molecule has 0 aromatic carbocycles. The van der Waals surface area contributed by atoms with Crippen LogP contribution in [-0.2, 0) is 4.79 Å². The van der Waals surface area contributed by atoms with E-state index in [2.05, 4.69) is 4.98 Å². The molecule has 0 unspecified atom stereocenters. The maximum Gasteiger partial charge on any atom is 0.306 e. The Bertz CT molecular complexity index is 433. The molecule has 0 atom stereocenters. The van der Waals surface area contributed by atoms with E-state index < -0.39 is 12.4 Å². The van der Waals surface area contributed by atoms with Gasteiger partial charge in [-0.05, 0) is 18.9 Å². The van der Waals surface area contributed by atoms with E-state index in [0.29, 0.717) is 0 Å². The second-order valence-corrected chi connectivity index (χ2v) is 4.46. The van der Waals surface area contributed by atoms with Crippen molar-refractivity contribution in [1.82, 2.24) is 4.98 Å². The third-order valence-electron chi connectivity index (χ3n) is 3.01. The van der Waals surface area contributed by atoms with Gasteiger partial charge >= 0.3 is 5.97 Å². The molecular formula is C13H17F2NO3. The Morgan fingerprint density at radius 3 is 2.26 bits per heavy atom. The van der Waals surface area contributed by atoms with Gasteiger partial charge in [-0.3, -0.25) is 9.59 Å². The maximum atomic E-state index is 11.8. The van der Waals surface area contributed by atoms with Crippen LogP contribution in [-0.4, -0.2) is 16.1 Å². The fourth-order valence-electron chi connectivity index (χ4n) is 1.91. The van der Waals surface area contributed by atoms with E-state index in [-0.39, 0.29) is 17.0 Å². The van der Waals surface area contributed by atoms with Gasteiger partial charge in [-0.1, -0.05) is 19.3 Å². The molecule has 0 bridgehead atoms. The molecule has 1 aliphatic carbocycles. The minimum Gasteiger partial charge on any atom is -0.481 e. The molecule has 1 aliphatic rings. The van der Waals surface area contributed by atoms with Gasteiger partial charge in [-0.15, -0.1) is 0 Å². The fourth-order valence-corrected chi connectivity index (χ4v) is 1.91. The maximum absolute atomic E-state index is 11.8. The van der Waals surface area contributed by atoms with E-state index in [9.17, 15) is 18.4 Å². The molecular weight excluding hydrogens is 256 g/mol. The summed E-state index contributed by atoms with van der Waals surface area (Å²) in [6, 6.07) is 2.17. The van der Waals surface area contributed by atoms with Crippen molar-refractivity contribution in [3.63, 3.8) is 0 Å². The Labute approximate surface area is 109 Å². The summed E-state index contributed by atoms with van der Waals surface area (Å²) >= 11 is 0. The third kappa shape index (κ3) is 5.63. The smallest absolute Gasteiger partial charge is 0.306 e. The van der Waals surface area contributed by atoms with Gasteiger partial charge in [0, 0.05) is 17.8 Å². The second-order valence-electron chi connectivity index (χ2n) is 4.46. The first-order valence-electron chi connectivity index (χ1n) is 6.20. The van der Waals surface area contributed by atoms with Crippen molar-refractivity contribution in [3.8, 4) is 0 Å². The number of carboxylic acid groups (broad SMARTS) is 1. The zero-order chi connectivity index (χ0) is 14.3. The number of hydrogen-bond acceptors (Lipinski definition) is 2. The van der Waals surface area contributed by atoms with Crippen molar-refractivity contribution >= 4 is 5.97 Å². The lowest BCUT2D eigenvalue weighted by atomic mass is 9.90. The highest BCUT2D eigenvalue weighted by Gasteiger charge is 2.19. The molecule has 4 nitrogen and oxygen atoms in total. The van der Waals surface area contributed by atoms with Crippen molar-refractivity contribution < 1.29 is 18.7 Å². The number of aromatic nitrogens is 1. The Morgan fingerprint density at radius 2 is 1.89 bits per heavy atom. The lowest BCUT2D eigenvalue weighted by Crippen LogP contribution is -2.16. The van der Waals surface area contributed by atoms with Crippen LogP contribution in [0.1, 0.15) is 44.1 Å². The Morgan fingerprint density at radius 1 is 1.26 bits per heavy atom. The molecule has 0 spiro atoms. The molecule has 1 aromatic rings. The summed E-state index contributed by atoms with van der Waals surface area (Å²) in [7, 11) is 0. The largest absolute Gasteiger partial charge is 0.481 e. The van der Waals surface area contributed by atoms with Crippen LogP contribution in [0.2, 0.25) is 0 Å². The first-order valence-corrected chi connectivity index (χ1v) is 6.20. The molecule has 0 amide bonds. The highest BCUT2D eigenvalue weighted by atomic mass is 19.3.